The Hall–Kier alpha value is -1.78. The van der Waals surface area contributed by atoms with Crippen LogP contribution in [0, 0.1) is 5.92 Å². The molecule has 5 nitrogen and oxygen atoms in total. The van der Waals surface area contributed by atoms with E-state index in [4.69, 9.17) is 4.42 Å². The van der Waals surface area contributed by atoms with Gasteiger partial charge in [-0.1, -0.05) is 13.8 Å². The van der Waals surface area contributed by atoms with Crippen LogP contribution in [-0.4, -0.2) is 17.1 Å². The smallest absolute Gasteiger partial charge is 0.339 e. The summed E-state index contributed by atoms with van der Waals surface area (Å²) in [6.45, 7) is 4.04. The van der Waals surface area contributed by atoms with Crippen LogP contribution in [-0.2, 0) is 4.79 Å². The van der Waals surface area contributed by atoms with Crippen molar-refractivity contribution in [1.29, 1.82) is 0 Å². The average Bonchev–Trinajstić information content (AvgIpc) is 2.59. The number of carbonyl (C=O) groups excluding carboxylic acids is 1. The number of hydrogen-bond acceptors (Lipinski definition) is 4. The van der Waals surface area contributed by atoms with Gasteiger partial charge in [-0.05, 0) is 12.3 Å². The topological polar surface area (TPSA) is 79.5 Å². The van der Waals surface area contributed by atoms with E-state index in [1.165, 1.54) is 6.07 Å². The maximum absolute atomic E-state index is 11.8. The zero-order chi connectivity index (χ0) is 12.6. The van der Waals surface area contributed by atoms with E-state index in [1.54, 1.807) is 0 Å². The Morgan fingerprint density at radius 2 is 2.12 bits per heavy atom. The molecule has 0 bridgehead atoms. The van der Waals surface area contributed by atoms with Gasteiger partial charge in [0.25, 0.3) is 0 Å². The van der Waals surface area contributed by atoms with E-state index in [-0.39, 0.29) is 23.5 Å². The fourth-order valence-corrected chi connectivity index (χ4v) is 2.04. The lowest BCUT2D eigenvalue weighted by Crippen LogP contribution is -2.30. The van der Waals surface area contributed by atoms with Crippen molar-refractivity contribution in [1.82, 2.24) is 5.32 Å². The Kier molecular flexibility index (Phi) is 2.92. The molecule has 1 fully saturated rings. The van der Waals surface area contributed by atoms with Crippen LogP contribution in [0.3, 0.4) is 0 Å². The molecule has 2 rings (SSSR count). The second kappa shape index (κ2) is 4.24. The number of aromatic hydroxyl groups is 1. The minimum Gasteiger partial charge on any atom is -0.508 e. The van der Waals surface area contributed by atoms with Gasteiger partial charge in [0, 0.05) is 12.1 Å². The lowest BCUT2D eigenvalue weighted by molar-refractivity contribution is -0.121. The summed E-state index contributed by atoms with van der Waals surface area (Å²) in [4.78, 5) is 22.9. The zero-order valence-electron chi connectivity index (χ0n) is 9.77. The molecule has 2 heterocycles. The van der Waals surface area contributed by atoms with Crippen molar-refractivity contribution in [3.05, 3.63) is 28.3 Å². The van der Waals surface area contributed by atoms with Gasteiger partial charge in [-0.2, -0.15) is 0 Å². The largest absolute Gasteiger partial charge is 0.508 e. The molecule has 1 aromatic rings. The van der Waals surface area contributed by atoms with Crippen molar-refractivity contribution >= 4 is 5.91 Å². The molecule has 0 aliphatic carbocycles. The maximum Gasteiger partial charge on any atom is 0.339 e. The fourth-order valence-electron chi connectivity index (χ4n) is 2.04. The molecule has 1 saturated heterocycles. The summed E-state index contributed by atoms with van der Waals surface area (Å²) in [6, 6.07) is 2.39. The first-order chi connectivity index (χ1) is 7.97. The fraction of sp³-hybridized carbons (Fsp3) is 0.500. The highest BCUT2D eigenvalue weighted by Gasteiger charge is 2.36. The van der Waals surface area contributed by atoms with E-state index in [0.29, 0.717) is 12.3 Å². The minimum atomic E-state index is -0.638. The van der Waals surface area contributed by atoms with Crippen LogP contribution >= 0.6 is 0 Å². The summed E-state index contributed by atoms with van der Waals surface area (Å²) in [7, 11) is 0. The van der Waals surface area contributed by atoms with Crippen molar-refractivity contribution in [3.8, 4) is 5.75 Å². The van der Waals surface area contributed by atoms with Crippen molar-refractivity contribution in [2.45, 2.75) is 32.2 Å². The Bertz CT molecular complexity index is 492. The van der Waals surface area contributed by atoms with E-state index in [9.17, 15) is 14.7 Å². The number of nitrogens with one attached hydrogen (secondary N) is 1. The summed E-state index contributed by atoms with van der Waals surface area (Å²) >= 11 is 0. The van der Waals surface area contributed by atoms with Crippen LogP contribution in [0.2, 0.25) is 0 Å². The molecule has 92 valence electrons. The predicted octanol–water partition coefficient (Wildman–Crippen LogP) is 0.973. The predicted molar refractivity (Wildman–Crippen MR) is 60.8 cm³/mol. The van der Waals surface area contributed by atoms with E-state index < -0.39 is 11.5 Å². The van der Waals surface area contributed by atoms with Crippen LogP contribution in [0.4, 0.5) is 0 Å². The monoisotopic (exact) mass is 237 g/mol. The molecule has 1 aliphatic rings. The molecule has 5 heteroatoms. The number of carbonyl (C=O) groups is 1. The molecule has 1 aromatic heterocycles. The van der Waals surface area contributed by atoms with Gasteiger partial charge in [0.1, 0.15) is 11.5 Å². The quantitative estimate of drug-likeness (QED) is 0.803. The third-order valence-corrected chi connectivity index (χ3v) is 3.06. The normalized spacial score (nSPS) is 24.1. The molecular weight excluding hydrogens is 222 g/mol. The highest BCUT2D eigenvalue weighted by atomic mass is 16.4. The minimum absolute atomic E-state index is 0.0835. The van der Waals surface area contributed by atoms with Gasteiger partial charge in [-0.3, -0.25) is 4.79 Å². The molecule has 2 unspecified atom stereocenters. The maximum atomic E-state index is 11.8. The van der Waals surface area contributed by atoms with Crippen molar-refractivity contribution < 1.29 is 14.3 Å². The van der Waals surface area contributed by atoms with E-state index in [1.807, 2.05) is 13.8 Å². The van der Waals surface area contributed by atoms with Gasteiger partial charge in [0.05, 0.1) is 12.0 Å². The highest BCUT2D eigenvalue weighted by Crippen LogP contribution is 2.30. The first kappa shape index (κ1) is 11.7. The summed E-state index contributed by atoms with van der Waals surface area (Å²) < 4.78 is 4.96. The second-order valence-corrected chi connectivity index (χ2v) is 4.68. The van der Waals surface area contributed by atoms with Crippen molar-refractivity contribution in [3.63, 3.8) is 0 Å². The van der Waals surface area contributed by atoms with Gasteiger partial charge in [-0.15, -0.1) is 0 Å². The lowest BCUT2D eigenvalue weighted by Gasteiger charge is -2.13. The number of amides is 1. The zero-order valence-corrected chi connectivity index (χ0v) is 9.77. The molecule has 0 saturated carbocycles. The third kappa shape index (κ3) is 2.33. The summed E-state index contributed by atoms with van der Waals surface area (Å²) in [6.07, 6.45) is 0.586. The van der Waals surface area contributed by atoms with Crippen molar-refractivity contribution in [2.75, 3.05) is 0 Å². The molecule has 2 atom stereocenters. The number of hydrogen-bond donors (Lipinski definition) is 2. The first-order valence-corrected chi connectivity index (χ1v) is 5.62. The molecule has 0 radical (unpaired) electrons. The van der Waals surface area contributed by atoms with E-state index in [0.717, 1.165) is 6.07 Å². The summed E-state index contributed by atoms with van der Waals surface area (Å²) in [5.74, 6) is -0.250. The average molecular weight is 237 g/mol. The molecule has 1 amide bonds. The lowest BCUT2D eigenvalue weighted by atomic mass is 9.96. The Balaban J connectivity index is 2.29. The Morgan fingerprint density at radius 3 is 2.65 bits per heavy atom. The second-order valence-electron chi connectivity index (χ2n) is 4.68. The standard InChI is InChI=1S/C12H15NO4/c1-6(2)9-5-8(12(16)13-9)10-3-7(14)4-11(15)17-10/h3-4,6,8-9,14H,5H2,1-2H3,(H,13,16). The third-order valence-electron chi connectivity index (χ3n) is 3.06. The van der Waals surface area contributed by atoms with Crippen LogP contribution in [0.15, 0.2) is 21.3 Å². The molecular formula is C12H15NO4. The van der Waals surface area contributed by atoms with Crippen LogP contribution in [0.25, 0.3) is 0 Å². The van der Waals surface area contributed by atoms with Gasteiger partial charge in [0.15, 0.2) is 0 Å². The molecule has 0 spiro atoms. The first-order valence-electron chi connectivity index (χ1n) is 5.62. The van der Waals surface area contributed by atoms with E-state index in [2.05, 4.69) is 5.32 Å². The number of rotatable bonds is 2. The van der Waals surface area contributed by atoms with Crippen LogP contribution < -0.4 is 10.9 Å². The van der Waals surface area contributed by atoms with Gasteiger partial charge < -0.3 is 14.8 Å². The SMILES string of the molecule is CC(C)C1CC(c2cc(O)cc(=O)o2)C(=O)N1. The van der Waals surface area contributed by atoms with E-state index >= 15 is 0 Å². The van der Waals surface area contributed by atoms with Gasteiger partial charge in [0.2, 0.25) is 5.91 Å². The molecule has 1 aliphatic heterocycles. The van der Waals surface area contributed by atoms with Crippen molar-refractivity contribution in [2.24, 2.45) is 5.92 Å². The highest BCUT2D eigenvalue weighted by molar-refractivity contribution is 5.85. The Labute approximate surface area is 98.5 Å². The van der Waals surface area contributed by atoms with Gasteiger partial charge >= 0.3 is 5.63 Å². The summed E-state index contributed by atoms with van der Waals surface area (Å²) in [5.41, 5.74) is -0.638. The Morgan fingerprint density at radius 1 is 1.41 bits per heavy atom. The molecule has 17 heavy (non-hydrogen) atoms. The summed E-state index contributed by atoms with van der Waals surface area (Å²) in [5, 5.41) is 12.2. The molecule has 0 aromatic carbocycles. The van der Waals surface area contributed by atoms with Gasteiger partial charge in [-0.25, -0.2) is 4.79 Å². The molecule has 2 N–H and O–H groups in total. The van der Waals surface area contributed by atoms with Crippen LogP contribution in [0.5, 0.6) is 5.75 Å². The van der Waals surface area contributed by atoms with Crippen LogP contribution in [0.1, 0.15) is 31.9 Å².